The van der Waals surface area contributed by atoms with Crippen molar-refractivity contribution < 1.29 is 34.1 Å². The first-order valence-electron chi connectivity index (χ1n) is 22.9. The summed E-state index contributed by atoms with van der Waals surface area (Å²) in [4.78, 5) is 35.0. The fraction of sp³-hybridized carbons (Fsp3) is 0.660. The zero-order valence-corrected chi connectivity index (χ0v) is 39.0. The van der Waals surface area contributed by atoms with Crippen molar-refractivity contribution in [2.45, 2.75) is 180 Å². The molecule has 4 atom stereocenters. The van der Waals surface area contributed by atoms with Gasteiger partial charge in [0.05, 0.1) is 36.4 Å². The van der Waals surface area contributed by atoms with E-state index in [1.807, 2.05) is 81.4 Å². The highest BCUT2D eigenvalue weighted by atomic mass is 16.6. The lowest BCUT2D eigenvalue weighted by molar-refractivity contribution is -0.118. The first-order chi connectivity index (χ1) is 29.9. The van der Waals surface area contributed by atoms with Crippen LogP contribution in [0.2, 0.25) is 0 Å². The van der Waals surface area contributed by atoms with E-state index in [0.29, 0.717) is 32.2 Å². The molecule has 2 aliphatic carbocycles. The molecule has 2 saturated carbocycles. The number of alkyl carbamates (subject to hydrolysis) is 2. The summed E-state index contributed by atoms with van der Waals surface area (Å²) in [7, 11) is 0. The normalized spacial score (nSPS) is 17.4. The van der Waals surface area contributed by atoms with Gasteiger partial charge < -0.3 is 46.2 Å². The molecule has 0 aromatic heterocycles. The number of aliphatic hydroxyl groups excluding tert-OH is 2. The fourth-order valence-electron chi connectivity index (χ4n) is 8.14. The zero-order chi connectivity index (χ0) is 46.8. The van der Waals surface area contributed by atoms with Gasteiger partial charge in [0.25, 0.3) is 0 Å². The number of aldehydes is 1. The Morgan fingerprint density at radius 3 is 1.56 bits per heavy atom. The van der Waals surface area contributed by atoms with E-state index < -0.39 is 47.7 Å². The largest absolute Gasteiger partial charge is 0.444 e. The average Bonchev–Trinajstić information content (AvgIpc) is 3.25. The number of nitriles is 2. The topological polar surface area (TPSA) is 220 Å². The maximum atomic E-state index is 12.4. The molecular formula is C50H78N6O7. The van der Waals surface area contributed by atoms with Crippen LogP contribution in [0.5, 0.6) is 0 Å². The molecule has 0 spiro atoms. The predicted octanol–water partition coefficient (Wildman–Crippen LogP) is 8.21. The van der Waals surface area contributed by atoms with E-state index in [1.54, 1.807) is 20.8 Å². The van der Waals surface area contributed by atoms with Crippen molar-refractivity contribution in [1.82, 2.24) is 16.0 Å². The van der Waals surface area contributed by atoms with Gasteiger partial charge in [-0.25, -0.2) is 9.59 Å². The average molecular weight is 875 g/mol. The van der Waals surface area contributed by atoms with Gasteiger partial charge in [0.2, 0.25) is 0 Å². The maximum absolute atomic E-state index is 12.4. The lowest BCUT2D eigenvalue weighted by Crippen LogP contribution is -2.51. The number of benzene rings is 2. The number of nitrogens with one attached hydrogen (secondary N) is 3. The highest BCUT2D eigenvalue weighted by molar-refractivity contribution is 5.68. The zero-order valence-electron chi connectivity index (χ0n) is 39.0. The van der Waals surface area contributed by atoms with E-state index >= 15 is 0 Å². The van der Waals surface area contributed by atoms with Crippen molar-refractivity contribution in [3.05, 3.63) is 71.8 Å². The van der Waals surface area contributed by atoms with Crippen molar-refractivity contribution in [3.63, 3.8) is 0 Å². The molecule has 0 saturated heterocycles. The summed E-state index contributed by atoms with van der Waals surface area (Å²) in [6.07, 6.45) is 13.7. The highest BCUT2D eigenvalue weighted by Crippen LogP contribution is 2.40. The molecule has 2 aromatic rings. The number of ether oxygens (including phenoxy) is 2. The molecule has 7 N–H and O–H groups in total. The lowest BCUT2D eigenvalue weighted by atomic mass is 9.71. The lowest BCUT2D eigenvalue weighted by Gasteiger charge is -2.38. The highest BCUT2D eigenvalue weighted by Gasteiger charge is 2.33. The monoisotopic (exact) mass is 875 g/mol. The van der Waals surface area contributed by atoms with E-state index in [2.05, 4.69) is 28.1 Å². The summed E-state index contributed by atoms with van der Waals surface area (Å²) in [5.74, 6) is 0. The number of carbonyl (C=O) groups is 3. The molecule has 63 heavy (non-hydrogen) atoms. The standard InChI is InChI=1S/C25H39N3O3.C15H24N2O3.C10H15NO/c1-24(2,3)31-23(30)28-21(17-20-11-6-4-7-12-20)22(29)18-27-19-25(15-10-16-26)13-8-5-9-14-25;1-15(2,3)20-14(19)17-12(13(18)10-16)9-11-7-5-4-6-8-11;11-8-4-7-10(9-12)5-2-1-3-6-10/h4,6-7,11-12,21-22,27,29H,5,8-10,13-15,17-19H2,1-3H3,(H,28,30);4-8,12-13,18H,9-10,16H2,1-3H3,(H,17,19);9H,1-7H2/t21-,22?;12-,13?;/m00./s1. The minimum absolute atomic E-state index is 0.0767. The van der Waals surface area contributed by atoms with Gasteiger partial charge in [-0.1, -0.05) is 99.2 Å². The van der Waals surface area contributed by atoms with Crippen molar-refractivity contribution in [2.75, 3.05) is 19.6 Å². The van der Waals surface area contributed by atoms with E-state index in [0.717, 1.165) is 75.3 Å². The Labute approximate surface area is 377 Å². The third-order valence-electron chi connectivity index (χ3n) is 11.5. The smallest absolute Gasteiger partial charge is 0.407 e. The Kier molecular flexibility index (Phi) is 24.5. The number of hydrogen-bond acceptors (Lipinski definition) is 11. The van der Waals surface area contributed by atoms with E-state index in [4.69, 9.17) is 25.7 Å². The van der Waals surface area contributed by atoms with Gasteiger partial charge in [0.15, 0.2) is 0 Å². The third-order valence-corrected chi connectivity index (χ3v) is 11.5. The first-order valence-corrected chi connectivity index (χ1v) is 22.9. The molecule has 2 amide bonds. The van der Waals surface area contributed by atoms with Crippen molar-refractivity contribution in [1.29, 1.82) is 10.5 Å². The first kappa shape index (κ1) is 54.6. The molecule has 13 heteroatoms. The summed E-state index contributed by atoms with van der Waals surface area (Å²) in [5, 5.41) is 47.3. The van der Waals surface area contributed by atoms with Gasteiger partial charge in [0.1, 0.15) is 17.5 Å². The number of hydrogen-bond donors (Lipinski definition) is 6. The van der Waals surface area contributed by atoms with Crippen LogP contribution in [0.4, 0.5) is 9.59 Å². The second-order valence-electron chi connectivity index (χ2n) is 19.3. The Bertz CT molecular complexity index is 1670. The van der Waals surface area contributed by atoms with E-state index in [-0.39, 0.29) is 17.4 Å². The summed E-state index contributed by atoms with van der Waals surface area (Å²) in [6, 6.07) is 22.9. The van der Waals surface area contributed by atoms with E-state index in [1.165, 1.54) is 25.7 Å². The Hall–Kier alpha value is -4.53. The van der Waals surface area contributed by atoms with Gasteiger partial charge in [-0.15, -0.1) is 0 Å². The van der Waals surface area contributed by atoms with Gasteiger partial charge in [-0.3, -0.25) is 0 Å². The number of rotatable bonds is 18. The molecule has 13 nitrogen and oxygen atoms in total. The second kappa shape index (κ2) is 28.3. The van der Waals surface area contributed by atoms with Crippen molar-refractivity contribution in [3.8, 4) is 12.1 Å². The molecule has 2 aliphatic rings. The van der Waals surface area contributed by atoms with Crippen LogP contribution in [0.3, 0.4) is 0 Å². The van der Waals surface area contributed by atoms with Crippen LogP contribution in [0.25, 0.3) is 0 Å². The fourth-order valence-corrected chi connectivity index (χ4v) is 8.14. The second-order valence-corrected chi connectivity index (χ2v) is 19.3. The summed E-state index contributed by atoms with van der Waals surface area (Å²) in [5.41, 5.74) is 6.38. The van der Waals surface area contributed by atoms with Gasteiger partial charge >= 0.3 is 12.2 Å². The molecular weight excluding hydrogens is 797 g/mol. The van der Waals surface area contributed by atoms with Crippen LogP contribution in [0, 0.1) is 33.5 Å². The quantitative estimate of drug-likeness (QED) is 0.0784. The number of carbonyl (C=O) groups excluding carboxylic acids is 3. The summed E-state index contributed by atoms with van der Waals surface area (Å²) < 4.78 is 10.6. The third kappa shape index (κ3) is 23.1. The molecule has 2 unspecified atom stereocenters. The molecule has 350 valence electrons. The van der Waals surface area contributed by atoms with Gasteiger partial charge in [-0.2, -0.15) is 10.5 Å². The summed E-state index contributed by atoms with van der Waals surface area (Å²) >= 11 is 0. The molecule has 0 bridgehead atoms. The predicted molar refractivity (Wildman–Crippen MR) is 247 cm³/mol. The van der Waals surface area contributed by atoms with Crippen molar-refractivity contribution in [2.24, 2.45) is 16.6 Å². The maximum Gasteiger partial charge on any atom is 0.407 e. The minimum atomic E-state index is -0.817. The molecule has 0 radical (unpaired) electrons. The number of amides is 2. The molecule has 2 fully saturated rings. The number of nitrogens with zero attached hydrogens (tertiary/aromatic N) is 2. The van der Waals surface area contributed by atoms with Crippen LogP contribution >= 0.6 is 0 Å². The molecule has 0 aliphatic heterocycles. The van der Waals surface area contributed by atoms with E-state index in [9.17, 15) is 24.6 Å². The Balaban J connectivity index is 0.000000363. The van der Waals surface area contributed by atoms with Crippen LogP contribution < -0.4 is 21.7 Å². The van der Waals surface area contributed by atoms with Gasteiger partial charge in [-0.05, 0) is 109 Å². The van der Waals surface area contributed by atoms with Crippen LogP contribution in [-0.2, 0) is 27.1 Å². The van der Waals surface area contributed by atoms with Crippen LogP contribution in [-0.4, -0.2) is 83.8 Å². The number of aliphatic hydroxyl groups is 2. The minimum Gasteiger partial charge on any atom is -0.444 e. The van der Waals surface area contributed by atoms with Gasteiger partial charge in [0, 0.05) is 37.9 Å². The SMILES string of the molecule is CC(C)(C)OC(=O)N[C@@H](Cc1ccccc1)C(O)CN.CC(C)(C)OC(=O)N[C@@H](Cc1ccccc1)C(O)CNCC1(CCC#N)CCCCC1.N#CCCC1(C=O)CCCCC1. The van der Waals surface area contributed by atoms with Crippen LogP contribution in [0.1, 0.15) is 143 Å². The molecule has 2 aromatic carbocycles. The Morgan fingerprint density at radius 2 is 1.14 bits per heavy atom. The van der Waals surface area contributed by atoms with Crippen molar-refractivity contribution >= 4 is 18.5 Å². The molecule has 0 heterocycles. The number of nitrogens with two attached hydrogens (primary N) is 1. The van der Waals surface area contributed by atoms with Crippen LogP contribution in [0.15, 0.2) is 60.7 Å². The summed E-state index contributed by atoms with van der Waals surface area (Å²) in [6.45, 7) is 12.1. The molecule has 4 rings (SSSR count). The Morgan fingerprint density at radius 1 is 0.714 bits per heavy atom.